The molecule has 3 aromatic heterocycles. The maximum Gasteiger partial charge on any atom is 0.341 e. The van der Waals surface area contributed by atoms with E-state index in [4.69, 9.17) is 23.9 Å². The molecule has 0 N–H and O–H groups in total. The molecule has 0 saturated carbocycles. The summed E-state index contributed by atoms with van der Waals surface area (Å²) in [5.41, 5.74) is 0.488. The summed E-state index contributed by atoms with van der Waals surface area (Å²) in [5.74, 6) is -0.606. The van der Waals surface area contributed by atoms with Gasteiger partial charge in [0.25, 0.3) is 11.5 Å². The summed E-state index contributed by atoms with van der Waals surface area (Å²) in [7, 11) is 2.94. The molecule has 1 amide bonds. The zero-order valence-corrected chi connectivity index (χ0v) is 21.9. The molecule has 11 nitrogen and oxygen atoms in total. The Morgan fingerprint density at radius 3 is 2.69 bits per heavy atom. The lowest BCUT2D eigenvalue weighted by Crippen LogP contribution is -2.35. The lowest BCUT2D eigenvalue weighted by Gasteiger charge is -2.18. The van der Waals surface area contributed by atoms with Crippen molar-refractivity contribution in [2.75, 3.05) is 27.4 Å². The van der Waals surface area contributed by atoms with Crippen LogP contribution in [-0.4, -0.2) is 59.4 Å². The molecule has 0 spiro atoms. The fraction of sp³-hybridized carbons (Fsp3) is 0.321. The Morgan fingerprint density at radius 1 is 1.13 bits per heavy atom. The first kappa shape index (κ1) is 26.1. The predicted molar refractivity (Wildman–Crippen MR) is 141 cm³/mol. The van der Waals surface area contributed by atoms with Crippen molar-refractivity contribution in [3.8, 4) is 11.5 Å². The van der Waals surface area contributed by atoms with Crippen molar-refractivity contribution >= 4 is 28.6 Å². The molecule has 11 heteroatoms. The Labute approximate surface area is 223 Å². The van der Waals surface area contributed by atoms with Gasteiger partial charge in [0.15, 0.2) is 5.49 Å². The van der Waals surface area contributed by atoms with Crippen LogP contribution in [0.3, 0.4) is 0 Å². The van der Waals surface area contributed by atoms with E-state index in [0.29, 0.717) is 18.0 Å². The lowest BCUT2D eigenvalue weighted by atomic mass is 10.1. The van der Waals surface area contributed by atoms with Crippen molar-refractivity contribution in [3.63, 3.8) is 0 Å². The van der Waals surface area contributed by atoms with E-state index in [2.05, 4.69) is 4.99 Å². The Morgan fingerprint density at radius 2 is 1.97 bits per heavy atom. The second kappa shape index (κ2) is 11.1. The van der Waals surface area contributed by atoms with Crippen LogP contribution in [0, 0.1) is 0 Å². The number of hydrogen-bond acceptors (Lipinski definition) is 8. The molecule has 202 valence electrons. The Balaban J connectivity index is 1.84. The quantitative estimate of drug-likeness (QED) is 0.263. The molecule has 4 heterocycles. The Kier molecular flexibility index (Phi) is 7.42. The largest absolute Gasteiger partial charge is 0.497 e. The number of ether oxygens (including phenoxy) is 4. The molecular formula is C28H28N4O7. The number of hydrogen-bond donors (Lipinski definition) is 0. The first-order valence-electron chi connectivity index (χ1n) is 12.6. The highest BCUT2D eigenvalue weighted by molar-refractivity contribution is 5.99. The summed E-state index contributed by atoms with van der Waals surface area (Å²) in [6.45, 7) is 2.59. The number of fused-ring (bicyclic) bond motifs is 2. The summed E-state index contributed by atoms with van der Waals surface area (Å²) in [6, 6.07) is 11.3. The SMILES string of the molecule is CCOC(=O)c1cc2c(=O)n3ccccc3nc2n(C[C@H]2CCCO2)c1=NC(=O)c1ccc(OC)cc1OC. The number of pyridine rings is 2. The first-order valence-corrected chi connectivity index (χ1v) is 12.6. The van der Waals surface area contributed by atoms with Crippen LogP contribution in [-0.2, 0) is 16.0 Å². The maximum atomic E-state index is 13.6. The van der Waals surface area contributed by atoms with Crippen molar-refractivity contribution in [2.45, 2.75) is 32.4 Å². The van der Waals surface area contributed by atoms with E-state index in [0.717, 1.165) is 12.8 Å². The standard InChI is InChI=1S/C28H28N4O7/c1-4-38-28(35)21-15-20-24(29-23-9-5-6-12-31(23)27(20)34)32(16-18-8-7-13-39-18)25(21)30-26(33)19-11-10-17(36-2)14-22(19)37-3/h5-6,9-12,14-15,18H,4,7-8,13,16H2,1-3H3/t18-/m1/s1. The van der Waals surface area contributed by atoms with E-state index in [1.807, 2.05) is 0 Å². The number of aromatic nitrogens is 3. The van der Waals surface area contributed by atoms with E-state index in [9.17, 15) is 14.4 Å². The summed E-state index contributed by atoms with van der Waals surface area (Å²) >= 11 is 0. The Bertz CT molecular complexity index is 1700. The van der Waals surface area contributed by atoms with Crippen molar-refractivity contribution in [1.29, 1.82) is 0 Å². The minimum absolute atomic E-state index is 0.0199. The van der Waals surface area contributed by atoms with E-state index in [-0.39, 0.29) is 58.2 Å². The number of rotatable bonds is 7. The van der Waals surface area contributed by atoms with E-state index in [1.54, 1.807) is 48.0 Å². The van der Waals surface area contributed by atoms with Crippen molar-refractivity contribution in [2.24, 2.45) is 4.99 Å². The summed E-state index contributed by atoms with van der Waals surface area (Å²) < 4.78 is 24.8. The number of amides is 1. The van der Waals surface area contributed by atoms with Crippen LogP contribution in [0.25, 0.3) is 16.7 Å². The normalized spacial score (nSPS) is 15.6. The number of methoxy groups -OCH3 is 2. The van der Waals surface area contributed by atoms with Gasteiger partial charge in [-0.3, -0.25) is 14.0 Å². The molecule has 4 aromatic rings. The molecule has 1 fully saturated rings. The van der Waals surface area contributed by atoms with Gasteiger partial charge in [0.05, 0.1) is 44.4 Å². The zero-order chi connectivity index (χ0) is 27.5. The average Bonchev–Trinajstić information content (AvgIpc) is 3.47. The smallest absolute Gasteiger partial charge is 0.341 e. The second-order valence-electron chi connectivity index (χ2n) is 8.91. The molecule has 1 aliphatic heterocycles. The molecule has 1 atom stereocenters. The van der Waals surface area contributed by atoms with Crippen LogP contribution in [0.4, 0.5) is 0 Å². The van der Waals surface area contributed by atoms with Crippen LogP contribution in [0.2, 0.25) is 0 Å². The predicted octanol–water partition coefficient (Wildman–Crippen LogP) is 2.76. The van der Waals surface area contributed by atoms with Crippen molar-refractivity contribution in [1.82, 2.24) is 14.0 Å². The fourth-order valence-corrected chi connectivity index (χ4v) is 4.65. The number of esters is 1. The van der Waals surface area contributed by atoms with Crippen molar-refractivity contribution in [3.05, 3.63) is 75.6 Å². The average molecular weight is 533 g/mol. The molecule has 1 aliphatic rings. The summed E-state index contributed by atoms with van der Waals surface area (Å²) in [5, 5.41) is 0.188. The molecule has 0 aliphatic carbocycles. The highest BCUT2D eigenvalue weighted by Gasteiger charge is 2.24. The molecule has 5 rings (SSSR count). The zero-order valence-electron chi connectivity index (χ0n) is 21.9. The second-order valence-corrected chi connectivity index (χ2v) is 8.91. The number of carbonyl (C=O) groups excluding carboxylic acids is 2. The fourth-order valence-electron chi connectivity index (χ4n) is 4.65. The molecule has 0 unspecified atom stereocenters. The van der Waals surface area contributed by atoms with Gasteiger partial charge < -0.3 is 23.5 Å². The monoisotopic (exact) mass is 532 g/mol. The van der Waals surface area contributed by atoms with Gasteiger partial charge in [0, 0.05) is 18.9 Å². The molecule has 39 heavy (non-hydrogen) atoms. The van der Waals surface area contributed by atoms with Gasteiger partial charge >= 0.3 is 5.97 Å². The topological polar surface area (TPSA) is 123 Å². The third-order valence-corrected chi connectivity index (χ3v) is 6.54. The van der Waals surface area contributed by atoms with Crippen molar-refractivity contribution < 1.29 is 28.5 Å². The molecule has 1 saturated heterocycles. The van der Waals surface area contributed by atoms with Gasteiger partial charge in [-0.25, -0.2) is 9.78 Å². The molecular weight excluding hydrogens is 504 g/mol. The highest BCUT2D eigenvalue weighted by Crippen LogP contribution is 2.25. The van der Waals surface area contributed by atoms with Gasteiger partial charge in [-0.1, -0.05) is 6.07 Å². The maximum absolute atomic E-state index is 13.6. The van der Waals surface area contributed by atoms with Crippen LogP contribution < -0.4 is 20.5 Å². The van der Waals surface area contributed by atoms with Gasteiger partial charge in [0.2, 0.25) is 0 Å². The summed E-state index contributed by atoms with van der Waals surface area (Å²) in [6.07, 6.45) is 3.03. The highest BCUT2D eigenvalue weighted by atomic mass is 16.5. The number of carbonyl (C=O) groups is 2. The number of nitrogens with zero attached hydrogens (tertiary/aromatic N) is 4. The van der Waals surface area contributed by atoms with Gasteiger partial charge in [-0.05, 0) is 50.1 Å². The third-order valence-electron chi connectivity index (χ3n) is 6.54. The van der Waals surface area contributed by atoms with Gasteiger partial charge in [-0.2, -0.15) is 4.99 Å². The Hall–Kier alpha value is -4.51. The minimum Gasteiger partial charge on any atom is -0.497 e. The molecule has 0 bridgehead atoms. The summed E-state index contributed by atoms with van der Waals surface area (Å²) in [4.78, 5) is 49.4. The van der Waals surface area contributed by atoms with Crippen LogP contribution in [0.5, 0.6) is 11.5 Å². The van der Waals surface area contributed by atoms with Gasteiger partial charge in [0.1, 0.15) is 28.4 Å². The molecule has 0 radical (unpaired) electrons. The minimum atomic E-state index is -0.716. The third kappa shape index (κ3) is 5.00. The van der Waals surface area contributed by atoms with Crippen LogP contribution in [0.15, 0.2) is 58.4 Å². The van der Waals surface area contributed by atoms with E-state index >= 15 is 0 Å². The van der Waals surface area contributed by atoms with Gasteiger partial charge in [-0.15, -0.1) is 0 Å². The number of benzene rings is 1. The van der Waals surface area contributed by atoms with Crippen LogP contribution in [0.1, 0.15) is 40.5 Å². The molecule has 1 aromatic carbocycles. The first-order chi connectivity index (χ1) is 18.9. The van der Waals surface area contributed by atoms with Crippen LogP contribution >= 0.6 is 0 Å². The van der Waals surface area contributed by atoms with E-state index < -0.39 is 11.9 Å². The lowest BCUT2D eigenvalue weighted by molar-refractivity contribution is 0.0521. The van der Waals surface area contributed by atoms with E-state index in [1.165, 1.54) is 30.8 Å².